The van der Waals surface area contributed by atoms with Crippen molar-refractivity contribution in [2.24, 2.45) is 5.92 Å². The molecular weight excluding hydrogens is 190 g/mol. The molecule has 14 heavy (non-hydrogen) atoms. The molecule has 0 aromatic heterocycles. The number of thioether (sulfide) groups is 1. The largest absolute Gasteiger partial charge is 0.198 e. The summed E-state index contributed by atoms with van der Waals surface area (Å²) >= 11 is 1.90. The van der Waals surface area contributed by atoms with Crippen molar-refractivity contribution in [1.29, 1.82) is 5.26 Å². The van der Waals surface area contributed by atoms with Gasteiger partial charge in [0.05, 0.1) is 6.07 Å². The van der Waals surface area contributed by atoms with Crippen LogP contribution in [-0.2, 0) is 0 Å². The maximum absolute atomic E-state index is 8.73. The molecule has 1 aliphatic carbocycles. The van der Waals surface area contributed by atoms with Gasteiger partial charge in [0.15, 0.2) is 0 Å². The molecule has 1 aliphatic rings. The van der Waals surface area contributed by atoms with E-state index < -0.39 is 0 Å². The summed E-state index contributed by atoms with van der Waals surface area (Å²) in [5.41, 5.74) is 0. The Morgan fingerprint density at radius 1 is 1.36 bits per heavy atom. The highest BCUT2D eigenvalue weighted by molar-refractivity contribution is 8.00. The Labute approximate surface area is 89.1 Å². The molecule has 1 aromatic rings. The molecule has 0 heterocycles. The fourth-order valence-corrected chi connectivity index (χ4v) is 3.36. The van der Waals surface area contributed by atoms with Gasteiger partial charge in [-0.2, -0.15) is 5.26 Å². The Balaban J connectivity index is 1.97. The predicted octanol–water partition coefficient (Wildman–Crippen LogP) is 3.47. The van der Waals surface area contributed by atoms with Crippen LogP contribution in [0.1, 0.15) is 19.8 Å². The number of rotatable bonds is 2. The van der Waals surface area contributed by atoms with Crippen molar-refractivity contribution in [1.82, 2.24) is 0 Å². The van der Waals surface area contributed by atoms with E-state index in [4.69, 9.17) is 5.26 Å². The lowest BCUT2D eigenvalue weighted by molar-refractivity contribution is 0.310. The summed E-state index contributed by atoms with van der Waals surface area (Å²) in [6.45, 7) is 2.25. The Bertz CT molecular complexity index is 346. The Kier molecular flexibility index (Phi) is 2.52. The molecule has 0 bridgehead atoms. The Morgan fingerprint density at radius 3 is 2.57 bits per heavy atom. The molecule has 0 amide bonds. The van der Waals surface area contributed by atoms with Crippen LogP contribution in [0.4, 0.5) is 0 Å². The molecule has 0 N–H and O–H groups in total. The van der Waals surface area contributed by atoms with E-state index in [-0.39, 0.29) is 5.92 Å². The van der Waals surface area contributed by atoms with Crippen molar-refractivity contribution in [2.45, 2.75) is 29.4 Å². The van der Waals surface area contributed by atoms with Crippen molar-refractivity contribution < 1.29 is 0 Å². The normalized spacial score (nSPS) is 30.4. The second kappa shape index (κ2) is 3.67. The van der Waals surface area contributed by atoms with Crippen LogP contribution in [-0.4, -0.2) is 4.75 Å². The topological polar surface area (TPSA) is 23.8 Å². The zero-order valence-corrected chi connectivity index (χ0v) is 9.05. The van der Waals surface area contributed by atoms with Gasteiger partial charge in [0.1, 0.15) is 0 Å². The quantitative estimate of drug-likeness (QED) is 0.735. The third-order valence-corrected chi connectivity index (χ3v) is 3.98. The average molecular weight is 203 g/mol. The van der Waals surface area contributed by atoms with Crippen molar-refractivity contribution in [2.75, 3.05) is 0 Å². The van der Waals surface area contributed by atoms with Gasteiger partial charge in [-0.25, -0.2) is 0 Å². The van der Waals surface area contributed by atoms with Crippen LogP contribution in [0.25, 0.3) is 0 Å². The molecule has 0 aliphatic heterocycles. The third-order valence-electron chi connectivity index (χ3n) is 2.65. The van der Waals surface area contributed by atoms with E-state index in [0.29, 0.717) is 4.75 Å². The van der Waals surface area contributed by atoms with Crippen LogP contribution in [0.5, 0.6) is 0 Å². The molecule has 0 unspecified atom stereocenters. The van der Waals surface area contributed by atoms with Crippen molar-refractivity contribution in [3.05, 3.63) is 30.3 Å². The number of hydrogen-bond donors (Lipinski definition) is 0. The standard InChI is InChI=1S/C12H13NS/c1-12(7-10(8-12)9-13)14-11-5-3-2-4-6-11/h2-6,10H,7-8H2,1H3. The zero-order valence-electron chi connectivity index (χ0n) is 8.23. The summed E-state index contributed by atoms with van der Waals surface area (Å²) in [5, 5.41) is 8.73. The number of nitriles is 1. The zero-order chi connectivity index (χ0) is 10.0. The highest BCUT2D eigenvalue weighted by atomic mass is 32.2. The fourth-order valence-electron chi connectivity index (χ4n) is 1.93. The smallest absolute Gasteiger partial charge is 0.0656 e. The van der Waals surface area contributed by atoms with Gasteiger partial charge in [-0.3, -0.25) is 0 Å². The Morgan fingerprint density at radius 2 is 2.00 bits per heavy atom. The molecule has 72 valence electrons. The lowest BCUT2D eigenvalue weighted by atomic mass is 9.76. The fraction of sp³-hybridized carbons (Fsp3) is 0.417. The molecule has 2 rings (SSSR count). The predicted molar refractivity (Wildman–Crippen MR) is 59.0 cm³/mol. The summed E-state index contributed by atoms with van der Waals surface area (Å²) in [6, 6.07) is 12.8. The minimum absolute atomic E-state index is 0.288. The summed E-state index contributed by atoms with van der Waals surface area (Å²) < 4.78 is 0.293. The van der Waals surface area contributed by atoms with E-state index >= 15 is 0 Å². The van der Waals surface area contributed by atoms with Crippen molar-refractivity contribution >= 4 is 11.8 Å². The molecule has 0 spiro atoms. The van der Waals surface area contributed by atoms with Crippen LogP contribution < -0.4 is 0 Å². The SMILES string of the molecule is CC1(Sc2ccccc2)CC(C#N)C1. The van der Waals surface area contributed by atoms with Crippen LogP contribution in [0, 0.1) is 17.2 Å². The van der Waals surface area contributed by atoms with Gasteiger partial charge in [0.25, 0.3) is 0 Å². The second-order valence-electron chi connectivity index (χ2n) is 4.10. The highest BCUT2D eigenvalue weighted by Gasteiger charge is 2.41. The number of benzene rings is 1. The summed E-state index contributed by atoms with van der Waals surface area (Å²) in [4.78, 5) is 1.31. The van der Waals surface area contributed by atoms with E-state index in [1.54, 1.807) is 0 Å². The molecule has 1 saturated carbocycles. The molecule has 1 aromatic carbocycles. The lowest BCUT2D eigenvalue weighted by Crippen LogP contribution is -2.36. The first kappa shape index (κ1) is 9.61. The van der Waals surface area contributed by atoms with Crippen molar-refractivity contribution in [3.63, 3.8) is 0 Å². The van der Waals surface area contributed by atoms with Gasteiger partial charge >= 0.3 is 0 Å². The highest BCUT2D eigenvalue weighted by Crippen LogP contribution is 2.50. The average Bonchev–Trinajstić information content (AvgIpc) is 2.15. The van der Waals surface area contributed by atoms with Crippen LogP contribution in [0.3, 0.4) is 0 Å². The minimum atomic E-state index is 0.288. The maximum Gasteiger partial charge on any atom is 0.0656 e. The van der Waals surface area contributed by atoms with E-state index in [1.165, 1.54) is 4.90 Å². The lowest BCUT2D eigenvalue weighted by Gasteiger charge is -2.41. The van der Waals surface area contributed by atoms with Gasteiger partial charge in [-0.15, -0.1) is 11.8 Å². The van der Waals surface area contributed by atoms with Crippen LogP contribution in [0.15, 0.2) is 35.2 Å². The monoisotopic (exact) mass is 203 g/mol. The van der Waals surface area contributed by atoms with Gasteiger partial charge < -0.3 is 0 Å². The first-order chi connectivity index (χ1) is 6.72. The molecule has 1 nitrogen and oxygen atoms in total. The molecule has 2 heteroatoms. The van der Waals surface area contributed by atoms with Crippen molar-refractivity contribution in [3.8, 4) is 6.07 Å². The molecule has 0 radical (unpaired) electrons. The van der Waals surface area contributed by atoms with Gasteiger partial charge in [0, 0.05) is 15.6 Å². The van der Waals surface area contributed by atoms with E-state index in [0.717, 1.165) is 12.8 Å². The molecule has 0 saturated heterocycles. The minimum Gasteiger partial charge on any atom is -0.198 e. The number of hydrogen-bond acceptors (Lipinski definition) is 2. The first-order valence-corrected chi connectivity index (χ1v) is 5.67. The second-order valence-corrected chi connectivity index (χ2v) is 5.76. The van der Waals surface area contributed by atoms with Gasteiger partial charge in [0.2, 0.25) is 0 Å². The molecular formula is C12H13NS. The molecule has 1 fully saturated rings. The van der Waals surface area contributed by atoms with Gasteiger partial charge in [-0.05, 0) is 31.9 Å². The third kappa shape index (κ3) is 1.93. The summed E-state index contributed by atoms with van der Waals surface area (Å²) in [7, 11) is 0. The summed E-state index contributed by atoms with van der Waals surface area (Å²) in [5.74, 6) is 0.288. The van der Waals surface area contributed by atoms with Crippen LogP contribution in [0.2, 0.25) is 0 Å². The Hall–Kier alpha value is -0.940. The molecule has 0 atom stereocenters. The summed E-state index contributed by atoms with van der Waals surface area (Å²) in [6.07, 6.45) is 2.06. The maximum atomic E-state index is 8.73. The van der Waals surface area contributed by atoms with Gasteiger partial charge in [-0.1, -0.05) is 18.2 Å². The van der Waals surface area contributed by atoms with E-state index in [9.17, 15) is 0 Å². The first-order valence-electron chi connectivity index (χ1n) is 4.85. The van der Waals surface area contributed by atoms with E-state index in [1.807, 2.05) is 17.8 Å². The van der Waals surface area contributed by atoms with E-state index in [2.05, 4.69) is 37.3 Å². The van der Waals surface area contributed by atoms with Crippen LogP contribution >= 0.6 is 11.8 Å². The number of nitrogens with zero attached hydrogens (tertiary/aromatic N) is 1.